The molecule has 2 aliphatic rings. The molecule has 124 valence electrons. The summed E-state index contributed by atoms with van der Waals surface area (Å²) in [6.45, 7) is 2.40. The van der Waals surface area contributed by atoms with E-state index in [1.54, 1.807) is 0 Å². The standard InChI is InChI=1S/C22H18.2ClH.Zr/c1-14-17-10-4-7-16-8-5-11-20(22(16)17)21(14)19-13-12-15-6-2-3-9-18(15)19;;;/h2-14,19,21H,1H3;2*1H;/q;;;+2/p-2. The molecule has 25 heavy (non-hydrogen) atoms. The third-order valence-electron chi connectivity index (χ3n) is 5.58. The summed E-state index contributed by atoms with van der Waals surface area (Å²) in [4.78, 5) is 0. The molecule has 0 saturated carbocycles. The second kappa shape index (κ2) is 7.39. The molecule has 3 heteroatoms. The molecule has 0 fully saturated rings. The van der Waals surface area contributed by atoms with E-state index < -0.39 is 20.8 Å². The molecule has 3 unspecified atom stereocenters. The van der Waals surface area contributed by atoms with E-state index >= 15 is 0 Å². The minimum absolute atomic E-state index is 0.504. The summed E-state index contributed by atoms with van der Waals surface area (Å²) in [6.07, 6.45) is 4.71. The number of fused-ring (bicyclic) bond motifs is 1. The number of rotatable bonds is 1. The average Bonchev–Trinajstić information content (AvgIpc) is 3.17. The van der Waals surface area contributed by atoms with Gasteiger partial charge in [0.1, 0.15) is 0 Å². The molecule has 3 aromatic carbocycles. The van der Waals surface area contributed by atoms with Crippen molar-refractivity contribution in [1.29, 1.82) is 0 Å². The summed E-state index contributed by atoms with van der Waals surface area (Å²) in [5.41, 5.74) is 5.94. The van der Waals surface area contributed by atoms with Gasteiger partial charge in [0.25, 0.3) is 0 Å². The molecular weight excluding hydrogens is 426 g/mol. The van der Waals surface area contributed by atoms with Crippen LogP contribution in [0.4, 0.5) is 0 Å². The van der Waals surface area contributed by atoms with Crippen LogP contribution in [0.15, 0.2) is 66.7 Å². The van der Waals surface area contributed by atoms with Crippen molar-refractivity contribution >= 4 is 33.9 Å². The van der Waals surface area contributed by atoms with Gasteiger partial charge in [0.05, 0.1) is 0 Å². The zero-order valence-corrected chi connectivity index (χ0v) is 17.9. The van der Waals surface area contributed by atoms with Gasteiger partial charge >= 0.3 is 37.9 Å². The van der Waals surface area contributed by atoms with E-state index in [4.69, 9.17) is 17.0 Å². The van der Waals surface area contributed by atoms with Gasteiger partial charge in [-0.05, 0) is 38.9 Å². The van der Waals surface area contributed by atoms with Crippen molar-refractivity contribution in [3.63, 3.8) is 0 Å². The van der Waals surface area contributed by atoms with Gasteiger partial charge in [0, 0.05) is 11.8 Å². The Kier molecular flexibility index (Phi) is 5.19. The molecule has 5 rings (SSSR count). The summed E-state index contributed by atoms with van der Waals surface area (Å²) in [5, 5.41) is 2.89. The van der Waals surface area contributed by atoms with Crippen LogP contribution in [0.5, 0.6) is 0 Å². The van der Waals surface area contributed by atoms with Crippen molar-refractivity contribution in [2.75, 3.05) is 0 Å². The number of allylic oxidation sites excluding steroid dienone is 1. The van der Waals surface area contributed by atoms with Gasteiger partial charge in [-0.25, -0.2) is 0 Å². The van der Waals surface area contributed by atoms with E-state index in [1.165, 1.54) is 33.0 Å². The van der Waals surface area contributed by atoms with Gasteiger partial charge in [0.2, 0.25) is 0 Å². The van der Waals surface area contributed by atoms with E-state index in [0.29, 0.717) is 17.8 Å². The fraction of sp³-hybridized carbons (Fsp3) is 0.182. The molecule has 0 heterocycles. The SMILES string of the molecule is CC1c2cccc3cccc(c23)C1C1C=Cc2ccccc21.[Cl][Zr][Cl]. The molecule has 3 atom stereocenters. The zero-order valence-electron chi connectivity index (χ0n) is 13.9. The molecule has 2 aliphatic carbocycles. The van der Waals surface area contributed by atoms with Crippen molar-refractivity contribution in [1.82, 2.24) is 0 Å². The Morgan fingerprint density at radius 2 is 1.44 bits per heavy atom. The van der Waals surface area contributed by atoms with Crippen LogP contribution >= 0.6 is 17.0 Å². The Labute approximate surface area is 167 Å². The number of benzene rings is 3. The van der Waals surface area contributed by atoms with Crippen molar-refractivity contribution in [3.05, 3.63) is 89.0 Å². The molecule has 3 aromatic rings. The van der Waals surface area contributed by atoms with Crippen LogP contribution in [0.2, 0.25) is 0 Å². The van der Waals surface area contributed by atoms with E-state index in [2.05, 4.69) is 79.7 Å². The van der Waals surface area contributed by atoms with Crippen LogP contribution in [0.1, 0.15) is 46.9 Å². The zero-order chi connectivity index (χ0) is 17.4. The quantitative estimate of drug-likeness (QED) is 0.371. The van der Waals surface area contributed by atoms with Gasteiger partial charge < -0.3 is 0 Å². The molecule has 0 aliphatic heterocycles. The van der Waals surface area contributed by atoms with Crippen molar-refractivity contribution < 1.29 is 20.8 Å². The summed E-state index contributed by atoms with van der Waals surface area (Å²) < 4.78 is 0. The van der Waals surface area contributed by atoms with Crippen molar-refractivity contribution in [3.8, 4) is 0 Å². The van der Waals surface area contributed by atoms with Crippen LogP contribution in [0, 0.1) is 0 Å². The fourth-order valence-corrected chi connectivity index (χ4v) is 4.61. The first-order chi connectivity index (χ1) is 12.3. The normalized spacial score (nSPS) is 22.4. The first-order valence-electron chi connectivity index (χ1n) is 8.51. The van der Waals surface area contributed by atoms with Gasteiger partial charge in [-0.2, -0.15) is 0 Å². The molecule has 0 radical (unpaired) electrons. The summed E-state index contributed by atoms with van der Waals surface area (Å²) >= 11 is -0.826. The van der Waals surface area contributed by atoms with Crippen LogP contribution in [-0.2, 0) is 20.8 Å². The monoisotopic (exact) mass is 442 g/mol. The molecule has 0 N–H and O–H groups in total. The average molecular weight is 445 g/mol. The van der Waals surface area contributed by atoms with Crippen LogP contribution < -0.4 is 0 Å². The Bertz CT molecular complexity index is 942. The number of halogens is 2. The molecule has 0 saturated heterocycles. The minimum atomic E-state index is -0.826. The van der Waals surface area contributed by atoms with Gasteiger partial charge in [-0.1, -0.05) is 79.7 Å². The summed E-state index contributed by atoms with van der Waals surface area (Å²) in [7, 11) is 9.87. The Hall–Kier alpha value is -0.877. The van der Waals surface area contributed by atoms with E-state index in [9.17, 15) is 0 Å². The predicted molar refractivity (Wildman–Crippen MR) is 105 cm³/mol. The first-order valence-corrected chi connectivity index (χ1v) is 14.8. The molecule has 0 aromatic heterocycles. The Morgan fingerprint density at radius 1 is 0.800 bits per heavy atom. The van der Waals surface area contributed by atoms with Crippen LogP contribution in [0.3, 0.4) is 0 Å². The second-order valence-corrected chi connectivity index (χ2v) is 10.4. The van der Waals surface area contributed by atoms with Crippen molar-refractivity contribution in [2.45, 2.75) is 24.7 Å². The third-order valence-corrected chi connectivity index (χ3v) is 5.58. The van der Waals surface area contributed by atoms with Gasteiger partial charge in [0.15, 0.2) is 0 Å². The van der Waals surface area contributed by atoms with Gasteiger partial charge in [-0.15, -0.1) is 0 Å². The Balaban J connectivity index is 0.000000490. The first kappa shape index (κ1) is 17.5. The van der Waals surface area contributed by atoms with Crippen LogP contribution in [-0.4, -0.2) is 0 Å². The molecular formula is C22H18Cl2Zr. The van der Waals surface area contributed by atoms with Crippen molar-refractivity contribution in [2.24, 2.45) is 0 Å². The summed E-state index contributed by atoms with van der Waals surface area (Å²) in [5.74, 6) is 1.63. The van der Waals surface area contributed by atoms with E-state index in [0.717, 1.165) is 0 Å². The molecule has 0 nitrogen and oxygen atoms in total. The summed E-state index contributed by atoms with van der Waals surface area (Å²) in [6, 6.07) is 22.4. The Morgan fingerprint density at radius 3 is 2.20 bits per heavy atom. The predicted octanol–water partition coefficient (Wildman–Crippen LogP) is 7.23. The molecule has 0 spiro atoms. The molecule has 0 bridgehead atoms. The second-order valence-electron chi connectivity index (χ2n) is 6.69. The van der Waals surface area contributed by atoms with E-state index in [-0.39, 0.29) is 0 Å². The van der Waals surface area contributed by atoms with Gasteiger partial charge in [-0.3, -0.25) is 0 Å². The number of hydrogen-bond donors (Lipinski definition) is 0. The topological polar surface area (TPSA) is 0 Å². The third kappa shape index (κ3) is 2.95. The number of hydrogen-bond acceptors (Lipinski definition) is 0. The fourth-order valence-electron chi connectivity index (χ4n) is 4.61. The molecule has 0 amide bonds. The van der Waals surface area contributed by atoms with Crippen LogP contribution in [0.25, 0.3) is 16.8 Å². The maximum absolute atomic E-state index is 4.93. The van der Waals surface area contributed by atoms with E-state index in [1.807, 2.05) is 0 Å². The maximum atomic E-state index is 4.93.